The lowest BCUT2D eigenvalue weighted by Crippen LogP contribution is -2.31. The van der Waals surface area contributed by atoms with E-state index in [1.165, 1.54) is 19.1 Å². The molecule has 186 valence electrons. The maximum Gasteiger partial charge on any atom is 0.339 e. The molecule has 1 aliphatic heterocycles. The van der Waals surface area contributed by atoms with Crippen LogP contribution < -0.4 is 4.90 Å². The van der Waals surface area contributed by atoms with Gasteiger partial charge in [-0.1, -0.05) is 24.3 Å². The van der Waals surface area contributed by atoms with Crippen LogP contribution in [0.5, 0.6) is 0 Å². The van der Waals surface area contributed by atoms with Gasteiger partial charge >= 0.3 is 11.9 Å². The first kappa shape index (κ1) is 24.9. The number of carbonyl (C=O) groups is 4. The summed E-state index contributed by atoms with van der Waals surface area (Å²) in [4.78, 5) is 53.5. The molecule has 8 nitrogen and oxygen atoms in total. The van der Waals surface area contributed by atoms with Gasteiger partial charge in [0.1, 0.15) is 0 Å². The average Bonchev–Trinajstić information content (AvgIpc) is 3.16. The molecule has 1 aliphatic rings. The minimum absolute atomic E-state index is 0.151. The number of nitrogens with zero attached hydrogens (tertiary/aromatic N) is 2. The quantitative estimate of drug-likeness (QED) is 0.252. The highest BCUT2D eigenvalue weighted by Crippen LogP contribution is 2.29. The maximum absolute atomic E-state index is 12.6. The van der Waals surface area contributed by atoms with Crippen LogP contribution in [0.15, 0.2) is 54.6 Å². The van der Waals surface area contributed by atoms with E-state index in [9.17, 15) is 19.2 Å². The van der Waals surface area contributed by atoms with Gasteiger partial charge in [0.05, 0.1) is 36.5 Å². The third-order valence-electron chi connectivity index (χ3n) is 6.48. The Morgan fingerprint density at radius 3 is 2.11 bits per heavy atom. The number of imide groups is 1. The zero-order chi connectivity index (χ0) is 25.8. The maximum atomic E-state index is 12.6. The number of benzene rings is 3. The van der Waals surface area contributed by atoms with E-state index < -0.39 is 11.9 Å². The van der Waals surface area contributed by atoms with Crippen LogP contribution in [0.3, 0.4) is 0 Å². The van der Waals surface area contributed by atoms with Crippen LogP contribution in [0.2, 0.25) is 0 Å². The summed E-state index contributed by atoms with van der Waals surface area (Å²) in [5, 5.41) is 1.40. The van der Waals surface area contributed by atoms with E-state index in [2.05, 4.69) is 4.90 Å². The van der Waals surface area contributed by atoms with E-state index >= 15 is 0 Å². The molecule has 0 fully saturated rings. The first-order valence-electron chi connectivity index (χ1n) is 11.8. The Hall–Kier alpha value is -4.20. The van der Waals surface area contributed by atoms with Crippen molar-refractivity contribution in [3.63, 3.8) is 0 Å². The molecule has 0 bridgehead atoms. The fraction of sp³-hybridized carbons (Fsp3) is 0.286. The summed E-state index contributed by atoms with van der Waals surface area (Å²) in [6, 6.07) is 16.0. The molecule has 0 saturated carbocycles. The molecule has 0 radical (unpaired) electrons. The number of fused-ring (bicyclic) bond motifs is 2. The number of carbonyl (C=O) groups excluding carboxylic acids is 4. The van der Waals surface area contributed by atoms with E-state index in [-0.39, 0.29) is 22.9 Å². The van der Waals surface area contributed by atoms with Crippen LogP contribution in [0.1, 0.15) is 61.2 Å². The lowest BCUT2D eigenvalue weighted by atomic mass is 9.98. The lowest BCUT2D eigenvalue weighted by Gasteiger charge is -2.24. The van der Waals surface area contributed by atoms with Gasteiger partial charge in [-0.15, -0.1) is 0 Å². The summed E-state index contributed by atoms with van der Waals surface area (Å²) in [6.45, 7) is 3.79. The number of hydrogen-bond donors (Lipinski definition) is 0. The monoisotopic (exact) mass is 488 g/mol. The molecular weight excluding hydrogens is 460 g/mol. The number of methoxy groups -OCH3 is 2. The number of ether oxygens (including phenoxy) is 2. The Morgan fingerprint density at radius 2 is 1.50 bits per heavy atom. The first-order chi connectivity index (χ1) is 17.4. The fourth-order valence-corrected chi connectivity index (χ4v) is 4.59. The second-order valence-corrected chi connectivity index (χ2v) is 8.47. The largest absolute Gasteiger partial charge is 0.465 e. The van der Waals surface area contributed by atoms with Crippen molar-refractivity contribution in [2.45, 2.75) is 19.8 Å². The highest BCUT2D eigenvalue weighted by molar-refractivity contribution is 6.21. The molecule has 3 aromatic carbocycles. The first-order valence-corrected chi connectivity index (χ1v) is 11.8. The normalized spacial score (nSPS) is 12.6. The van der Waals surface area contributed by atoms with Gasteiger partial charge in [0, 0.05) is 25.3 Å². The number of anilines is 1. The molecule has 0 unspecified atom stereocenters. The minimum Gasteiger partial charge on any atom is -0.465 e. The third kappa shape index (κ3) is 4.54. The predicted molar refractivity (Wildman–Crippen MR) is 136 cm³/mol. The number of hydrogen-bond acceptors (Lipinski definition) is 7. The zero-order valence-electron chi connectivity index (χ0n) is 20.6. The standard InChI is InChI=1S/C28H28N2O6/c1-4-29(15-7-8-16-30-25(31)20-9-5-6-10-21(20)26(30)32)19-13-11-18-12-14-22(27(33)35-2)24(23(18)17-19)28(34)36-3/h5-6,9-14,17H,4,7-8,15-16H2,1-3H3. The summed E-state index contributed by atoms with van der Waals surface area (Å²) in [5.74, 6) is -1.70. The van der Waals surface area contributed by atoms with Crippen molar-refractivity contribution >= 4 is 40.2 Å². The van der Waals surface area contributed by atoms with Crippen molar-refractivity contribution < 1.29 is 28.7 Å². The second kappa shape index (κ2) is 10.6. The molecule has 0 spiro atoms. The Kier molecular flexibility index (Phi) is 7.33. The summed E-state index contributed by atoms with van der Waals surface area (Å²) in [5.41, 5.74) is 2.13. The van der Waals surface area contributed by atoms with Crippen LogP contribution in [0, 0.1) is 0 Å². The minimum atomic E-state index is -0.609. The number of unbranched alkanes of at least 4 members (excludes halogenated alkanes) is 1. The second-order valence-electron chi connectivity index (χ2n) is 8.47. The van der Waals surface area contributed by atoms with Crippen LogP contribution in [0.25, 0.3) is 10.8 Å². The Balaban J connectivity index is 1.49. The SMILES string of the molecule is CCN(CCCCN1C(=O)c2ccccc2C1=O)c1ccc2ccc(C(=O)OC)c(C(=O)OC)c2c1. The average molecular weight is 489 g/mol. The topological polar surface area (TPSA) is 93.2 Å². The van der Waals surface area contributed by atoms with Gasteiger partial charge < -0.3 is 14.4 Å². The summed E-state index contributed by atoms with van der Waals surface area (Å²) >= 11 is 0. The summed E-state index contributed by atoms with van der Waals surface area (Å²) < 4.78 is 9.81. The van der Waals surface area contributed by atoms with Crippen LogP contribution in [0.4, 0.5) is 5.69 Å². The van der Waals surface area contributed by atoms with E-state index in [0.717, 1.165) is 17.5 Å². The molecule has 0 saturated heterocycles. The molecule has 1 heterocycles. The predicted octanol–water partition coefficient (Wildman–Crippen LogP) is 4.32. The Labute approximate surface area is 209 Å². The lowest BCUT2D eigenvalue weighted by molar-refractivity contribution is 0.0557. The van der Waals surface area contributed by atoms with E-state index in [1.54, 1.807) is 36.4 Å². The highest BCUT2D eigenvalue weighted by Gasteiger charge is 2.34. The van der Waals surface area contributed by atoms with Crippen LogP contribution in [-0.4, -0.2) is 62.5 Å². The van der Waals surface area contributed by atoms with Gasteiger partial charge in [-0.2, -0.15) is 0 Å². The smallest absolute Gasteiger partial charge is 0.339 e. The molecule has 3 aromatic rings. The van der Waals surface area contributed by atoms with Gasteiger partial charge in [-0.05, 0) is 60.9 Å². The molecule has 0 aromatic heterocycles. The van der Waals surface area contributed by atoms with Crippen molar-refractivity contribution in [3.05, 3.63) is 76.9 Å². The molecule has 0 N–H and O–H groups in total. The van der Waals surface area contributed by atoms with Crippen molar-refractivity contribution in [1.29, 1.82) is 0 Å². The number of rotatable bonds is 9. The van der Waals surface area contributed by atoms with E-state index in [4.69, 9.17) is 9.47 Å². The highest BCUT2D eigenvalue weighted by atomic mass is 16.5. The fourth-order valence-electron chi connectivity index (χ4n) is 4.59. The van der Waals surface area contributed by atoms with Gasteiger partial charge in [0.25, 0.3) is 11.8 Å². The molecule has 8 heteroatoms. The summed E-state index contributed by atoms with van der Waals surface area (Å²) in [7, 11) is 2.55. The molecule has 0 aliphatic carbocycles. The van der Waals surface area contributed by atoms with E-state index in [0.29, 0.717) is 42.6 Å². The van der Waals surface area contributed by atoms with Crippen LogP contribution >= 0.6 is 0 Å². The van der Waals surface area contributed by atoms with Crippen molar-refractivity contribution in [2.75, 3.05) is 38.8 Å². The van der Waals surface area contributed by atoms with Crippen molar-refractivity contribution in [1.82, 2.24) is 4.90 Å². The van der Waals surface area contributed by atoms with Gasteiger partial charge in [0.15, 0.2) is 0 Å². The molecular formula is C28H28N2O6. The molecule has 2 amide bonds. The molecule has 36 heavy (non-hydrogen) atoms. The van der Waals surface area contributed by atoms with Gasteiger partial charge in [-0.3, -0.25) is 14.5 Å². The van der Waals surface area contributed by atoms with E-state index in [1.807, 2.05) is 25.1 Å². The van der Waals surface area contributed by atoms with Crippen LogP contribution in [-0.2, 0) is 9.47 Å². The van der Waals surface area contributed by atoms with Gasteiger partial charge in [-0.25, -0.2) is 9.59 Å². The van der Waals surface area contributed by atoms with Crippen molar-refractivity contribution in [2.24, 2.45) is 0 Å². The number of esters is 2. The number of amides is 2. The molecule has 0 atom stereocenters. The van der Waals surface area contributed by atoms with Crippen molar-refractivity contribution in [3.8, 4) is 0 Å². The van der Waals surface area contributed by atoms with Gasteiger partial charge in [0.2, 0.25) is 0 Å². The molecule has 4 rings (SSSR count). The zero-order valence-corrected chi connectivity index (χ0v) is 20.6. The third-order valence-corrected chi connectivity index (χ3v) is 6.48. The Morgan fingerprint density at radius 1 is 0.861 bits per heavy atom. The summed E-state index contributed by atoms with van der Waals surface area (Å²) in [6.07, 6.45) is 1.42. The Bertz CT molecular complexity index is 1310.